The van der Waals surface area contributed by atoms with Crippen LogP contribution in [0.25, 0.3) is 0 Å². The maximum Gasteiger partial charge on any atom is 0.242 e. The predicted molar refractivity (Wildman–Crippen MR) is 119 cm³/mol. The molecule has 0 fully saturated rings. The van der Waals surface area contributed by atoms with Gasteiger partial charge in [-0.2, -0.15) is 0 Å². The minimum Gasteiger partial charge on any atom is -0.350 e. The van der Waals surface area contributed by atoms with Gasteiger partial charge in [0.2, 0.25) is 11.8 Å². The van der Waals surface area contributed by atoms with E-state index < -0.39 is 11.6 Å². The summed E-state index contributed by atoms with van der Waals surface area (Å²) in [5.74, 6) is -0.384. The number of aryl methyl sites for hydroxylation is 1. The molecule has 0 aliphatic carbocycles. The summed E-state index contributed by atoms with van der Waals surface area (Å²) in [4.78, 5) is 27.6. The monoisotopic (exact) mass is 434 g/mol. The van der Waals surface area contributed by atoms with E-state index in [4.69, 9.17) is 23.2 Å². The van der Waals surface area contributed by atoms with Crippen LogP contribution in [0.4, 0.5) is 0 Å². The number of hydrogen-bond acceptors (Lipinski definition) is 2. The molecule has 0 saturated heterocycles. The summed E-state index contributed by atoms with van der Waals surface area (Å²) in [6, 6.07) is 12.3. The highest BCUT2D eigenvalue weighted by molar-refractivity contribution is 6.36. The summed E-state index contributed by atoms with van der Waals surface area (Å²) in [6.07, 6.45) is 0.196. The minimum absolute atomic E-state index is 0.155. The Morgan fingerprint density at radius 1 is 1.03 bits per heavy atom. The van der Waals surface area contributed by atoms with Crippen molar-refractivity contribution in [2.75, 3.05) is 0 Å². The Kier molecular flexibility index (Phi) is 7.73. The summed E-state index contributed by atoms with van der Waals surface area (Å²) in [5, 5.41) is 3.88. The van der Waals surface area contributed by atoms with Crippen molar-refractivity contribution in [2.45, 2.75) is 59.2 Å². The molecule has 0 radical (unpaired) electrons. The van der Waals surface area contributed by atoms with Crippen LogP contribution in [0.2, 0.25) is 10.0 Å². The lowest BCUT2D eigenvalue weighted by Gasteiger charge is -2.32. The molecule has 0 spiro atoms. The zero-order valence-corrected chi connectivity index (χ0v) is 19.1. The zero-order chi connectivity index (χ0) is 21.8. The van der Waals surface area contributed by atoms with Gasteiger partial charge in [0.1, 0.15) is 6.04 Å². The molecule has 2 rings (SSSR count). The Morgan fingerprint density at radius 3 is 2.17 bits per heavy atom. The third kappa shape index (κ3) is 6.48. The van der Waals surface area contributed by atoms with Crippen LogP contribution < -0.4 is 5.32 Å². The van der Waals surface area contributed by atoms with Crippen LogP contribution in [0.5, 0.6) is 0 Å². The van der Waals surface area contributed by atoms with Crippen molar-refractivity contribution in [3.63, 3.8) is 0 Å². The quantitative estimate of drug-likeness (QED) is 0.680. The summed E-state index contributed by atoms with van der Waals surface area (Å²) >= 11 is 12.7. The highest BCUT2D eigenvalue weighted by Crippen LogP contribution is 2.27. The van der Waals surface area contributed by atoms with Crippen LogP contribution >= 0.6 is 23.2 Å². The standard InChI is InChI=1S/C23H28Cl2N2O2/c1-15-9-6-7-10-17(15)13-21(28)27(16(2)22(29)26-23(3,4)5)14-18-19(24)11-8-12-20(18)25/h6-12,16H,13-14H2,1-5H3,(H,26,29). The van der Waals surface area contributed by atoms with Gasteiger partial charge in [-0.25, -0.2) is 0 Å². The Hall–Kier alpha value is -2.04. The molecule has 156 valence electrons. The number of carbonyl (C=O) groups is 2. The van der Waals surface area contributed by atoms with Crippen molar-refractivity contribution in [1.82, 2.24) is 10.2 Å². The third-order valence-electron chi connectivity index (χ3n) is 4.66. The molecule has 1 unspecified atom stereocenters. The zero-order valence-electron chi connectivity index (χ0n) is 17.6. The van der Waals surface area contributed by atoms with E-state index in [1.165, 1.54) is 0 Å². The molecule has 1 N–H and O–H groups in total. The summed E-state index contributed by atoms with van der Waals surface area (Å²) in [5.41, 5.74) is 2.18. The van der Waals surface area contributed by atoms with E-state index >= 15 is 0 Å². The summed E-state index contributed by atoms with van der Waals surface area (Å²) < 4.78 is 0. The van der Waals surface area contributed by atoms with Crippen LogP contribution in [-0.4, -0.2) is 28.3 Å². The predicted octanol–water partition coefficient (Wildman–Crippen LogP) is 5.18. The first-order valence-electron chi connectivity index (χ1n) is 9.58. The number of nitrogens with one attached hydrogen (secondary N) is 1. The lowest BCUT2D eigenvalue weighted by atomic mass is 10.0. The number of hydrogen-bond donors (Lipinski definition) is 1. The van der Waals surface area contributed by atoms with Crippen LogP contribution in [0.1, 0.15) is 44.4 Å². The molecule has 0 bridgehead atoms. The van der Waals surface area contributed by atoms with Gasteiger partial charge in [-0.15, -0.1) is 0 Å². The largest absolute Gasteiger partial charge is 0.350 e. The van der Waals surface area contributed by atoms with Crippen LogP contribution in [0.15, 0.2) is 42.5 Å². The smallest absolute Gasteiger partial charge is 0.242 e. The second-order valence-electron chi connectivity index (χ2n) is 8.24. The van der Waals surface area contributed by atoms with Crippen LogP contribution in [0.3, 0.4) is 0 Å². The molecule has 2 aromatic carbocycles. The number of halogens is 2. The number of amides is 2. The average Bonchev–Trinajstić information content (AvgIpc) is 2.61. The Bertz CT molecular complexity index is 870. The maximum absolute atomic E-state index is 13.3. The van der Waals surface area contributed by atoms with Gasteiger partial charge < -0.3 is 10.2 Å². The van der Waals surface area contributed by atoms with Gasteiger partial charge in [-0.05, 0) is 57.9 Å². The van der Waals surface area contributed by atoms with E-state index in [0.29, 0.717) is 15.6 Å². The molecule has 29 heavy (non-hydrogen) atoms. The molecular formula is C23H28Cl2N2O2. The van der Waals surface area contributed by atoms with E-state index in [9.17, 15) is 9.59 Å². The van der Waals surface area contributed by atoms with Gasteiger partial charge in [0.25, 0.3) is 0 Å². The second-order valence-corrected chi connectivity index (χ2v) is 9.05. The lowest BCUT2D eigenvalue weighted by Crippen LogP contribution is -2.52. The molecule has 0 saturated carbocycles. The van der Waals surface area contributed by atoms with E-state index in [-0.39, 0.29) is 24.8 Å². The Labute approximate surface area is 183 Å². The highest BCUT2D eigenvalue weighted by atomic mass is 35.5. The number of carbonyl (C=O) groups excluding carboxylic acids is 2. The van der Waals surface area contributed by atoms with Crippen LogP contribution in [0, 0.1) is 6.92 Å². The van der Waals surface area contributed by atoms with Crippen molar-refractivity contribution in [1.29, 1.82) is 0 Å². The highest BCUT2D eigenvalue weighted by Gasteiger charge is 2.29. The fourth-order valence-corrected chi connectivity index (χ4v) is 3.50. The van der Waals surface area contributed by atoms with E-state index in [2.05, 4.69) is 5.32 Å². The first kappa shape index (κ1) is 23.2. The Balaban J connectivity index is 2.35. The van der Waals surface area contributed by atoms with Gasteiger partial charge >= 0.3 is 0 Å². The molecule has 2 aromatic rings. The summed E-state index contributed by atoms with van der Waals surface area (Å²) in [7, 11) is 0. The van der Waals surface area contributed by atoms with E-state index in [0.717, 1.165) is 11.1 Å². The topological polar surface area (TPSA) is 49.4 Å². The molecule has 0 aliphatic heterocycles. The maximum atomic E-state index is 13.3. The fourth-order valence-electron chi connectivity index (χ4n) is 2.98. The van der Waals surface area contributed by atoms with Crippen molar-refractivity contribution >= 4 is 35.0 Å². The van der Waals surface area contributed by atoms with E-state index in [1.54, 1.807) is 30.0 Å². The second kappa shape index (κ2) is 9.64. The van der Waals surface area contributed by atoms with Gasteiger partial charge in [0.05, 0.1) is 6.42 Å². The van der Waals surface area contributed by atoms with Gasteiger partial charge in [0.15, 0.2) is 0 Å². The SMILES string of the molecule is Cc1ccccc1CC(=O)N(Cc1c(Cl)cccc1Cl)C(C)C(=O)NC(C)(C)C. The molecule has 6 heteroatoms. The van der Waals surface area contributed by atoms with Gasteiger partial charge in [0, 0.05) is 27.7 Å². The molecular weight excluding hydrogens is 407 g/mol. The average molecular weight is 435 g/mol. The molecule has 1 atom stereocenters. The molecule has 0 aliphatic rings. The van der Waals surface area contributed by atoms with Gasteiger partial charge in [-0.3, -0.25) is 9.59 Å². The molecule has 2 amide bonds. The number of nitrogens with zero attached hydrogens (tertiary/aromatic N) is 1. The molecule has 0 aromatic heterocycles. The normalized spacial score (nSPS) is 12.4. The van der Waals surface area contributed by atoms with E-state index in [1.807, 2.05) is 52.0 Å². The summed E-state index contributed by atoms with van der Waals surface area (Å²) in [6.45, 7) is 9.56. The first-order chi connectivity index (χ1) is 13.5. The van der Waals surface area contributed by atoms with Crippen molar-refractivity contribution < 1.29 is 9.59 Å². The van der Waals surface area contributed by atoms with Gasteiger partial charge in [-0.1, -0.05) is 53.5 Å². The lowest BCUT2D eigenvalue weighted by molar-refractivity contribution is -0.140. The molecule has 4 nitrogen and oxygen atoms in total. The minimum atomic E-state index is -0.682. The number of rotatable bonds is 6. The van der Waals surface area contributed by atoms with Crippen molar-refractivity contribution in [2.24, 2.45) is 0 Å². The van der Waals surface area contributed by atoms with Crippen LogP contribution in [-0.2, 0) is 22.6 Å². The fraction of sp³-hybridized carbons (Fsp3) is 0.391. The van der Waals surface area contributed by atoms with Crippen molar-refractivity contribution in [3.8, 4) is 0 Å². The number of benzene rings is 2. The Morgan fingerprint density at radius 2 is 1.62 bits per heavy atom. The van der Waals surface area contributed by atoms with Crippen molar-refractivity contribution in [3.05, 3.63) is 69.2 Å². The third-order valence-corrected chi connectivity index (χ3v) is 5.37. The molecule has 0 heterocycles. The first-order valence-corrected chi connectivity index (χ1v) is 10.3.